The normalized spacial score (nSPS) is 21.1. The molecule has 0 saturated carbocycles. The van der Waals surface area contributed by atoms with Crippen molar-refractivity contribution in [1.82, 2.24) is 0 Å². The van der Waals surface area contributed by atoms with E-state index in [-0.39, 0.29) is 10.8 Å². The molecule has 6 rings (SSSR count). The Labute approximate surface area is 256 Å². The van der Waals surface area contributed by atoms with Gasteiger partial charge >= 0.3 is 0 Å². The highest BCUT2D eigenvalue weighted by atomic mass is 32.2. The fraction of sp³-hybridized carbons (Fsp3) is 0.308. The average Bonchev–Trinajstić information content (AvgIpc) is 3.34. The SMILES string of the molecule is CCN1/C(=C/C=C2\CCCC(/C=C/C3=[N+](C)c4ccccc4C3(C)C)=C2Sc2ccccc2)C(C)(C)c2ccccc21. The molecule has 0 N–H and O–H groups in total. The zero-order chi connectivity index (χ0) is 29.5. The van der Waals surface area contributed by atoms with E-state index in [1.54, 1.807) is 0 Å². The summed E-state index contributed by atoms with van der Waals surface area (Å²) in [4.78, 5) is 5.20. The van der Waals surface area contributed by atoms with Crippen LogP contribution in [0.2, 0.25) is 0 Å². The molecule has 0 amide bonds. The first-order chi connectivity index (χ1) is 20.2. The quantitative estimate of drug-likeness (QED) is 0.272. The first kappa shape index (κ1) is 28.6. The number of likely N-dealkylation sites (N-methyl/N-ethyl adjacent to an activating group) is 1. The maximum Gasteiger partial charge on any atom is 0.209 e. The van der Waals surface area contributed by atoms with Gasteiger partial charge in [-0.25, -0.2) is 0 Å². The summed E-state index contributed by atoms with van der Waals surface area (Å²) < 4.78 is 2.37. The lowest BCUT2D eigenvalue weighted by atomic mass is 9.81. The molecule has 3 aromatic rings. The lowest BCUT2D eigenvalue weighted by Crippen LogP contribution is -2.26. The monoisotopic (exact) mass is 571 g/mol. The Morgan fingerprint density at radius 2 is 1.48 bits per heavy atom. The van der Waals surface area contributed by atoms with Gasteiger partial charge in [-0.15, -0.1) is 0 Å². The van der Waals surface area contributed by atoms with Gasteiger partial charge < -0.3 is 4.90 Å². The van der Waals surface area contributed by atoms with E-state index in [0.29, 0.717) is 0 Å². The Morgan fingerprint density at radius 1 is 0.786 bits per heavy atom. The summed E-state index contributed by atoms with van der Waals surface area (Å²) in [7, 11) is 2.21. The third-order valence-electron chi connectivity index (χ3n) is 9.38. The highest BCUT2D eigenvalue weighted by Crippen LogP contribution is 2.48. The van der Waals surface area contributed by atoms with Crippen LogP contribution in [0.1, 0.15) is 65.0 Å². The second-order valence-corrected chi connectivity index (χ2v) is 13.8. The molecule has 0 atom stereocenters. The van der Waals surface area contributed by atoms with Gasteiger partial charge in [0.25, 0.3) is 0 Å². The minimum Gasteiger partial charge on any atom is -0.344 e. The highest BCUT2D eigenvalue weighted by Gasteiger charge is 2.42. The van der Waals surface area contributed by atoms with Gasteiger partial charge in [0.1, 0.15) is 7.05 Å². The molecular formula is C39H43N2S+. The zero-order valence-corrected chi connectivity index (χ0v) is 26.8. The summed E-state index contributed by atoms with van der Waals surface area (Å²) in [6, 6.07) is 28.6. The van der Waals surface area contributed by atoms with Crippen LogP contribution in [-0.4, -0.2) is 23.9 Å². The molecule has 2 heterocycles. The van der Waals surface area contributed by atoms with Crippen LogP contribution in [0.3, 0.4) is 0 Å². The molecule has 3 aliphatic rings. The Balaban J connectivity index is 1.42. The number of fused-ring (bicyclic) bond motifs is 2. The lowest BCUT2D eigenvalue weighted by molar-refractivity contribution is -0.401. The van der Waals surface area contributed by atoms with Crippen molar-refractivity contribution in [3.63, 3.8) is 0 Å². The summed E-state index contributed by atoms with van der Waals surface area (Å²) >= 11 is 1.92. The van der Waals surface area contributed by atoms with Gasteiger partial charge in [0.2, 0.25) is 5.69 Å². The number of hydrogen-bond acceptors (Lipinski definition) is 2. The van der Waals surface area contributed by atoms with Crippen LogP contribution in [0.25, 0.3) is 0 Å². The second-order valence-electron chi connectivity index (χ2n) is 12.7. The van der Waals surface area contributed by atoms with E-state index >= 15 is 0 Å². The molecular weight excluding hydrogens is 529 g/mol. The van der Waals surface area contributed by atoms with E-state index in [2.05, 4.69) is 154 Å². The molecule has 2 aliphatic heterocycles. The van der Waals surface area contributed by atoms with Gasteiger partial charge in [-0.2, -0.15) is 4.58 Å². The molecule has 0 aromatic heterocycles. The number of hydrogen-bond donors (Lipinski definition) is 0. The van der Waals surface area contributed by atoms with E-state index in [1.807, 2.05) is 11.8 Å². The molecule has 0 spiro atoms. The molecule has 42 heavy (non-hydrogen) atoms. The number of rotatable bonds is 6. The van der Waals surface area contributed by atoms with Gasteiger partial charge in [-0.3, -0.25) is 0 Å². The van der Waals surface area contributed by atoms with Gasteiger partial charge in [0, 0.05) is 50.9 Å². The third kappa shape index (κ3) is 4.92. The van der Waals surface area contributed by atoms with Crippen molar-refractivity contribution in [3.8, 4) is 0 Å². The average molecular weight is 572 g/mol. The number of allylic oxidation sites excluding steroid dienone is 7. The third-order valence-corrected chi connectivity index (χ3v) is 10.6. The molecule has 2 nitrogen and oxygen atoms in total. The molecule has 0 bridgehead atoms. The summed E-state index contributed by atoms with van der Waals surface area (Å²) in [5.41, 5.74) is 11.0. The molecule has 0 unspecified atom stereocenters. The number of para-hydroxylation sites is 2. The van der Waals surface area contributed by atoms with E-state index in [0.717, 1.165) is 19.4 Å². The molecule has 3 heteroatoms. The first-order valence-corrected chi connectivity index (χ1v) is 16.2. The largest absolute Gasteiger partial charge is 0.344 e. The summed E-state index contributed by atoms with van der Waals surface area (Å²) in [5.74, 6) is 0. The smallest absolute Gasteiger partial charge is 0.209 e. The van der Waals surface area contributed by atoms with Crippen molar-refractivity contribution in [3.05, 3.63) is 136 Å². The van der Waals surface area contributed by atoms with E-state index in [4.69, 9.17) is 0 Å². The van der Waals surface area contributed by atoms with Crippen molar-refractivity contribution in [2.75, 3.05) is 18.5 Å². The number of thioether (sulfide) groups is 1. The Morgan fingerprint density at radius 3 is 2.21 bits per heavy atom. The Hall–Kier alpha value is -3.56. The maximum atomic E-state index is 2.50. The van der Waals surface area contributed by atoms with Crippen LogP contribution in [0.4, 0.5) is 11.4 Å². The molecule has 0 saturated heterocycles. The van der Waals surface area contributed by atoms with Crippen LogP contribution >= 0.6 is 11.8 Å². The first-order valence-electron chi connectivity index (χ1n) is 15.4. The Kier molecular flexibility index (Phi) is 7.66. The van der Waals surface area contributed by atoms with Crippen LogP contribution in [0.15, 0.2) is 130 Å². The van der Waals surface area contributed by atoms with Crippen molar-refractivity contribution >= 4 is 28.8 Å². The topological polar surface area (TPSA) is 6.25 Å². The Bertz CT molecular complexity index is 1660. The predicted octanol–water partition coefficient (Wildman–Crippen LogP) is 10.1. The molecule has 0 fully saturated rings. The number of benzene rings is 3. The second kappa shape index (κ2) is 11.3. The summed E-state index contributed by atoms with van der Waals surface area (Å²) in [6.45, 7) is 12.7. The standard InChI is InChI=1S/C39H43N2S/c1-7-41-34-23-14-12-21-32(34)39(4,5)36(41)27-25-29-17-15-16-28(37(29)42-30-18-9-8-10-19-30)24-26-35-38(2,3)31-20-11-13-22-33(31)40(35)6/h8-14,18-27H,7,15-17H2,1-6H3/q+1. The van der Waals surface area contributed by atoms with Crippen molar-refractivity contribution in [1.29, 1.82) is 0 Å². The summed E-state index contributed by atoms with van der Waals surface area (Å²) in [5, 5.41) is 0. The van der Waals surface area contributed by atoms with Crippen LogP contribution in [-0.2, 0) is 10.8 Å². The molecule has 214 valence electrons. The fourth-order valence-corrected chi connectivity index (χ4v) is 8.23. The fourth-order valence-electron chi connectivity index (χ4n) is 7.10. The van der Waals surface area contributed by atoms with Crippen molar-refractivity contribution in [2.45, 2.75) is 69.6 Å². The number of nitrogens with zero attached hydrogens (tertiary/aromatic N) is 2. The van der Waals surface area contributed by atoms with Gasteiger partial charge in [-0.1, -0.05) is 92.4 Å². The molecule has 3 aromatic carbocycles. The van der Waals surface area contributed by atoms with E-state index < -0.39 is 0 Å². The van der Waals surface area contributed by atoms with Crippen LogP contribution in [0, 0.1) is 0 Å². The van der Waals surface area contributed by atoms with Crippen LogP contribution in [0.5, 0.6) is 0 Å². The number of anilines is 1. The zero-order valence-electron chi connectivity index (χ0n) is 25.9. The molecule has 0 radical (unpaired) electrons. The van der Waals surface area contributed by atoms with Crippen molar-refractivity contribution < 1.29 is 4.58 Å². The van der Waals surface area contributed by atoms with Crippen LogP contribution < -0.4 is 4.90 Å². The predicted molar refractivity (Wildman–Crippen MR) is 181 cm³/mol. The van der Waals surface area contributed by atoms with Gasteiger partial charge in [0.15, 0.2) is 5.71 Å². The van der Waals surface area contributed by atoms with Gasteiger partial charge in [0.05, 0.1) is 5.41 Å². The van der Waals surface area contributed by atoms with E-state index in [1.165, 1.54) is 61.3 Å². The highest BCUT2D eigenvalue weighted by molar-refractivity contribution is 8.03. The van der Waals surface area contributed by atoms with Gasteiger partial charge in [-0.05, 0) is 81.0 Å². The van der Waals surface area contributed by atoms with Crippen molar-refractivity contribution in [2.24, 2.45) is 0 Å². The minimum atomic E-state index is -0.0282. The lowest BCUT2D eigenvalue weighted by Gasteiger charge is -2.26. The van der Waals surface area contributed by atoms with E-state index in [9.17, 15) is 0 Å². The summed E-state index contributed by atoms with van der Waals surface area (Å²) in [6.07, 6.45) is 13.0. The molecule has 1 aliphatic carbocycles. The minimum absolute atomic E-state index is 0.0260. The maximum absolute atomic E-state index is 2.50.